The number of fused-ring (bicyclic) bond motifs is 1. The Morgan fingerprint density at radius 2 is 1.77 bits per heavy atom. The van der Waals surface area contributed by atoms with Crippen LogP contribution in [0, 0.1) is 8.99 Å². The Kier molecular flexibility index (Phi) is 8.34. The monoisotopic (exact) mass is 649 g/mol. The normalized spacial score (nSPS) is 12.3. The van der Waals surface area contributed by atoms with Crippen molar-refractivity contribution in [2.75, 3.05) is 13.2 Å². The number of rotatable bonds is 7. The highest BCUT2D eigenvalue weighted by molar-refractivity contribution is 14.1. The molecule has 0 unspecified atom stereocenters. The summed E-state index contributed by atoms with van der Waals surface area (Å²) in [6, 6.07) is 14.9. The van der Waals surface area contributed by atoms with Gasteiger partial charge in [-0.3, -0.25) is 4.79 Å². The molecule has 0 bridgehead atoms. The number of hydrogen-bond donors (Lipinski definition) is 0. The first-order chi connectivity index (χ1) is 18.4. The molecule has 0 aliphatic heterocycles. The quantitative estimate of drug-likeness (QED) is 0.155. The predicted molar refractivity (Wildman–Crippen MR) is 155 cm³/mol. The maximum Gasteiger partial charge on any atom is 0.416 e. The number of para-hydroxylation sites is 1. The van der Waals surface area contributed by atoms with Gasteiger partial charge in [0.15, 0.2) is 17.3 Å². The molecule has 0 amide bonds. The van der Waals surface area contributed by atoms with Crippen molar-refractivity contribution in [2.45, 2.75) is 33.9 Å². The molecule has 39 heavy (non-hydrogen) atoms. The highest BCUT2D eigenvalue weighted by Gasteiger charge is 2.31. The van der Waals surface area contributed by atoms with Crippen LogP contribution in [0.2, 0.25) is 0 Å². The standard InChI is InChI=1S/C29H27F3IN3O3/c1-5-38-24-14-18(13-22(33)25(24)39-17-28(2,3)4)16-34-36-26(19-9-8-10-20(15-19)29(30,31)32)35-23-12-7-6-11-21(23)27(36)37/h6-16H,5,17H2,1-4H3. The number of alkyl halides is 3. The van der Waals surface area contributed by atoms with E-state index in [1.807, 2.05) is 13.0 Å². The third-order valence-corrected chi connectivity index (χ3v) is 6.31. The highest BCUT2D eigenvalue weighted by Crippen LogP contribution is 2.35. The third-order valence-electron chi connectivity index (χ3n) is 5.51. The fraction of sp³-hybridized carbons (Fsp3) is 0.276. The topological polar surface area (TPSA) is 65.7 Å². The van der Waals surface area contributed by atoms with Crippen LogP contribution in [0.3, 0.4) is 0 Å². The summed E-state index contributed by atoms with van der Waals surface area (Å²) in [6.07, 6.45) is -3.10. The van der Waals surface area contributed by atoms with Gasteiger partial charge in [-0.15, -0.1) is 0 Å². The fourth-order valence-electron chi connectivity index (χ4n) is 3.73. The SMILES string of the molecule is CCOc1cc(C=Nn2c(-c3cccc(C(F)(F)F)c3)nc3ccccc3c2=O)cc(I)c1OCC(C)(C)C. The molecule has 0 aliphatic carbocycles. The van der Waals surface area contributed by atoms with Gasteiger partial charge < -0.3 is 9.47 Å². The minimum atomic E-state index is -4.55. The minimum absolute atomic E-state index is 0.00842. The lowest BCUT2D eigenvalue weighted by Crippen LogP contribution is -2.20. The van der Waals surface area contributed by atoms with Crippen molar-refractivity contribution >= 4 is 39.7 Å². The van der Waals surface area contributed by atoms with E-state index in [2.05, 4.69) is 53.4 Å². The summed E-state index contributed by atoms with van der Waals surface area (Å²) in [6.45, 7) is 8.96. The van der Waals surface area contributed by atoms with Crippen molar-refractivity contribution in [2.24, 2.45) is 10.5 Å². The average molecular weight is 649 g/mol. The summed E-state index contributed by atoms with van der Waals surface area (Å²) in [5.74, 6) is 1.13. The molecule has 4 aromatic rings. The largest absolute Gasteiger partial charge is 0.490 e. The van der Waals surface area contributed by atoms with Gasteiger partial charge in [-0.25, -0.2) is 4.98 Å². The molecular formula is C29H27F3IN3O3. The molecular weight excluding hydrogens is 622 g/mol. The Balaban J connectivity index is 1.84. The van der Waals surface area contributed by atoms with Gasteiger partial charge in [-0.1, -0.05) is 45.0 Å². The summed E-state index contributed by atoms with van der Waals surface area (Å²) in [7, 11) is 0. The van der Waals surface area contributed by atoms with Crippen LogP contribution in [0.5, 0.6) is 11.5 Å². The van der Waals surface area contributed by atoms with Gasteiger partial charge in [0.05, 0.1) is 39.5 Å². The van der Waals surface area contributed by atoms with Crippen molar-refractivity contribution in [3.8, 4) is 22.9 Å². The van der Waals surface area contributed by atoms with E-state index in [4.69, 9.17) is 9.47 Å². The molecule has 3 aromatic carbocycles. The van der Waals surface area contributed by atoms with Crippen molar-refractivity contribution in [1.29, 1.82) is 0 Å². The van der Waals surface area contributed by atoms with Gasteiger partial charge in [0.1, 0.15) is 0 Å². The van der Waals surface area contributed by atoms with Crippen LogP contribution < -0.4 is 15.0 Å². The second kappa shape index (κ2) is 11.4. The van der Waals surface area contributed by atoms with Crippen LogP contribution in [0.25, 0.3) is 22.3 Å². The van der Waals surface area contributed by atoms with Crippen molar-refractivity contribution in [3.63, 3.8) is 0 Å². The number of hydrogen-bond acceptors (Lipinski definition) is 5. The summed E-state index contributed by atoms with van der Waals surface area (Å²) >= 11 is 2.15. The van der Waals surface area contributed by atoms with E-state index < -0.39 is 17.3 Å². The number of nitrogens with zero attached hydrogens (tertiary/aromatic N) is 3. The zero-order valence-corrected chi connectivity index (χ0v) is 24.0. The first-order valence-electron chi connectivity index (χ1n) is 12.2. The molecule has 0 radical (unpaired) electrons. The van der Waals surface area contributed by atoms with Gasteiger partial charge in [0, 0.05) is 5.56 Å². The van der Waals surface area contributed by atoms with Crippen molar-refractivity contribution < 1.29 is 22.6 Å². The van der Waals surface area contributed by atoms with E-state index in [9.17, 15) is 18.0 Å². The molecule has 0 saturated carbocycles. The second-order valence-corrected chi connectivity index (χ2v) is 11.2. The van der Waals surface area contributed by atoms with Crippen LogP contribution in [0.15, 0.2) is 70.6 Å². The van der Waals surface area contributed by atoms with Gasteiger partial charge in [-0.05, 0) is 76.9 Å². The minimum Gasteiger partial charge on any atom is -0.490 e. The number of aromatic nitrogens is 2. The first kappa shape index (κ1) is 28.6. The molecule has 0 atom stereocenters. The molecule has 10 heteroatoms. The van der Waals surface area contributed by atoms with E-state index in [-0.39, 0.29) is 16.8 Å². The number of halogens is 4. The van der Waals surface area contributed by atoms with Gasteiger partial charge in [0.2, 0.25) is 0 Å². The Morgan fingerprint density at radius 3 is 2.46 bits per heavy atom. The molecule has 0 saturated heterocycles. The lowest BCUT2D eigenvalue weighted by atomic mass is 9.99. The average Bonchev–Trinajstić information content (AvgIpc) is 2.87. The Bertz CT molecular complexity index is 1590. The molecule has 4 rings (SSSR count). The second-order valence-electron chi connectivity index (χ2n) is 10.0. The zero-order chi connectivity index (χ0) is 28.4. The molecule has 1 heterocycles. The number of ether oxygens (including phenoxy) is 2. The molecule has 204 valence electrons. The van der Waals surface area contributed by atoms with Gasteiger partial charge >= 0.3 is 6.18 Å². The smallest absolute Gasteiger partial charge is 0.416 e. The Morgan fingerprint density at radius 1 is 1.03 bits per heavy atom. The summed E-state index contributed by atoms with van der Waals surface area (Å²) < 4.78 is 54.0. The van der Waals surface area contributed by atoms with E-state index >= 15 is 0 Å². The summed E-state index contributed by atoms with van der Waals surface area (Å²) in [5.41, 5.74) is -0.332. The van der Waals surface area contributed by atoms with Crippen LogP contribution in [0.4, 0.5) is 13.2 Å². The van der Waals surface area contributed by atoms with E-state index in [0.29, 0.717) is 41.2 Å². The summed E-state index contributed by atoms with van der Waals surface area (Å²) in [5, 5.41) is 4.68. The molecule has 0 N–H and O–H groups in total. The molecule has 0 aliphatic rings. The van der Waals surface area contributed by atoms with Crippen LogP contribution in [0.1, 0.15) is 38.8 Å². The molecule has 1 aromatic heterocycles. The molecule has 0 spiro atoms. The van der Waals surface area contributed by atoms with Crippen molar-refractivity contribution in [1.82, 2.24) is 9.66 Å². The van der Waals surface area contributed by atoms with Crippen molar-refractivity contribution in [3.05, 3.63) is 85.7 Å². The molecule has 6 nitrogen and oxygen atoms in total. The lowest BCUT2D eigenvalue weighted by Gasteiger charge is -2.21. The fourth-order valence-corrected chi connectivity index (χ4v) is 4.51. The number of benzene rings is 3. The van der Waals surface area contributed by atoms with Gasteiger partial charge in [0.25, 0.3) is 5.56 Å². The van der Waals surface area contributed by atoms with Crippen LogP contribution in [-0.4, -0.2) is 29.1 Å². The molecule has 0 fully saturated rings. The Hall–Kier alpha value is -3.41. The van der Waals surface area contributed by atoms with E-state index in [1.165, 1.54) is 18.3 Å². The van der Waals surface area contributed by atoms with Gasteiger partial charge in [-0.2, -0.15) is 22.9 Å². The highest BCUT2D eigenvalue weighted by atomic mass is 127. The first-order valence-corrected chi connectivity index (χ1v) is 13.3. The lowest BCUT2D eigenvalue weighted by molar-refractivity contribution is -0.137. The maximum absolute atomic E-state index is 13.4. The third kappa shape index (κ3) is 6.78. The zero-order valence-electron chi connectivity index (χ0n) is 21.8. The summed E-state index contributed by atoms with van der Waals surface area (Å²) in [4.78, 5) is 17.9. The van der Waals surface area contributed by atoms with Crippen LogP contribution >= 0.6 is 22.6 Å². The maximum atomic E-state index is 13.4. The van der Waals surface area contributed by atoms with Crippen LogP contribution in [-0.2, 0) is 6.18 Å². The van der Waals surface area contributed by atoms with E-state index in [0.717, 1.165) is 20.4 Å². The predicted octanol–water partition coefficient (Wildman–Crippen LogP) is 7.39. The Labute approximate surface area is 237 Å². The van der Waals surface area contributed by atoms with E-state index in [1.54, 1.807) is 30.3 Å².